The van der Waals surface area contributed by atoms with Gasteiger partial charge in [0.05, 0.1) is 20.9 Å². The van der Waals surface area contributed by atoms with E-state index < -0.39 is 8.07 Å². The van der Waals surface area contributed by atoms with Crippen molar-refractivity contribution in [2.45, 2.75) is 65.1 Å². The minimum atomic E-state index is -1.91. The molecule has 9 aromatic carbocycles. The van der Waals surface area contributed by atoms with Gasteiger partial charge in [-0.3, -0.25) is 0 Å². The fourth-order valence-electron chi connectivity index (χ4n) is 12.9. The van der Waals surface area contributed by atoms with Crippen LogP contribution in [0.4, 0.5) is 17.1 Å². The Hall–Kier alpha value is -6.99. The summed E-state index contributed by atoms with van der Waals surface area (Å²) in [6.07, 6.45) is 0. The Labute approximate surface area is 404 Å². The number of nitrogens with zero attached hydrogens (tertiary/aromatic N) is 1. The van der Waals surface area contributed by atoms with Gasteiger partial charge in [0.2, 0.25) is 0 Å². The second kappa shape index (κ2) is 14.5. The van der Waals surface area contributed by atoms with Crippen molar-refractivity contribution in [1.82, 2.24) is 0 Å². The Morgan fingerprint density at radius 2 is 0.941 bits per heavy atom. The lowest BCUT2D eigenvalue weighted by Crippen LogP contribution is -2.50. The molecule has 13 rings (SSSR count). The molecule has 0 N–H and O–H groups in total. The average Bonchev–Trinajstić information content (AvgIpc) is 3.83. The van der Waals surface area contributed by atoms with Crippen molar-refractivity contribution >= 4 is 50.2 Å². The minimum absolute atomic E-state index is 0.233. The van der Waals surface area contributed by atoms with Crippen molar-refractivity contribution < 1.29 is 4.74 Å². The van der Waals surface area contributed by atoms with Crippen LogP contribution in [0, 0.1) is 6.92 Å². The van der Waals surface area contributed by atoms with Gasteiger partial charge >= 0.3 is 0 Å². The third-order valence-corrected chi connectivity index (χ3v) is 21.4. The van der Waals surface area contributed by atoms with Gasteiger partial charge in [0, 0.05) is 16.5 Å². The van der Waals surface area contributed by atoms with Crippen molar-refractivity contribution in [1.29, 1.82) is 0 Å². The Morgan fingerprint density at radius 3 is 1.57 bits per heavy atom. The Morgan fingerprint density at radius 1 is 0.441 bits per heavy atom. The molecule has 2 heterocycles. The van der Waals surface area contributed by atoms with Gasteiger partial charge in [-0.2, -0.15) is 0 Å². The molecule has 2 aliphatic heterocycles. The van der Waals surface area contributed by atoms with E-state index in [1.54, 1.807) is 10.4 Å². The molecular weight excluding hydrogens is 855 g/mol. The standard InChI is InChI=1S/C64H55NOSi2/c1-38-42(22-16-23-43(38)47-20-12-14-26-60(47)67-6)39-28-30-45-50-34-56-58(36-54(50)63(2,3)52(45)32-39)66-59-37-55-51(35-57(59)65(56)41-18-10-9-11-19-41)46-31-29-40(33-53(46)64(55,4)5)44-24-17-25-49-48-21-13-15-27-61(48)68(7,8)62(44)49/h9-37H,67H2,1-8H3. The molecule has 0 amide bonds. The van der Waals surface area contributed by atoms with E-state index in [0.29, 0.717) is 0 Å². The number of hydrogen-bond acceptors (Lipinski definition) is 2. The van der Waals surface area contributed by atoms with Crippen molar-refractivity contribution in [3.8, 4) is 78.3 Å². The molecule has 4 heteroatoms. The summed E-state index contributed by atoms with van der Waals surface area (Å²) < 4.78 is 7.21. The molecule has 0 unspecified atom stereocenters. The molecule has 0 spiro atoms. The first-order chi connectivity index (χ1) is 32.9. The summed E-state index contributed by atoms with van der Waals surface area (Å²) in [6.45, 7) is 19.3. The van der Waals surface area contributed by atoms with Gasteiger partial charge in [0.25, 0.3) is 0 Å². The summed E-state index contributed by atoms with van der Waals surface area (Å²) in [6, 6.07) is 66.8. The Balaban J connectivity index is 0.918. The van der Waals surface area contributed by atoms with E-state index in [4.69, 9.17) is 4.74 Å². The number of benzene rings is 9. The summed E-state index contributed by atoms with van der Waals surface area (Å²) in [4.78, 5) is 2.44. The number of para-hydroxylation sites is 1. The largest absolute Gasteiger partial charge is 0.453 e. The number of ether oxygens (including phenoxy) is 1. The lowest BCUT2D eigenvalue weighted by atomic mass is 9.81. The van der Waals surface area contributed by atoms with E-state index >= 15 is 0 Å². The molecule has 0 aromatic heterocycles. The number of hydrogen-bond donors (Lipinski definition) is 0. The molecule has 2 nitrogen and oxygen atoms in total. The van der Waals surface area contributed by atoms with Crippen LogP contribution in [-0.2, 0) is 10.8 Å². The Kier molecular flexibility index (Phi) is 8.80. The zero-order valence-electron chi connectivity index (χ0n) is 40.3. The molecule has 9 aromatic rings. The summed E-state index contributed by atoms with van der Waals surface area (Å²) in [5.41, 5.74) is 25.4. The summed E-state index contributed by atoms with van der Waals surface area (Å²) in [7, 11) is -2.24. The van der Waals surface area contributed by atoms with Crippen molar-refractivity contribution in [2.24, 2.45) is 0 Å². The van der Waals surface area contributed by atoms with Gasteiger partial charge in [0.15, 0.2) is 11.5 Å². The van der Waals surface area contributed by atoms with Crippen LogP contribution in [0.1, 0.15) is 55.5 Å². The molecule has 0 saturated heterocycles. The van der Waals surface area contributed by atoms with Gasteiger partial charge < -0.3 is 9.64 Å². The predicted molar refractivity (Wildman–Crippen MR) is 294 cm³/mol. The topological polar surface area (TPSA) is 12.5 Å². The number of fused-ring (bicyclic) bond motifs is 11. The van der Waals surface area contributed by atoms with Crippen molar-refractivity contribution in [2.75, 3.05) is 4.90 Å². The van der Waals surface area contributed by atoms with Crippen LogP contribution >= 0.6 is 0 Å². The quantitative estimate of drug-likeness (QED) is 0.160. The lowest BCUT2D eigenvalue weighted by molar-refractivity contribution is 0.473. The van der Waals surface area contributed by atoms with Gasteiger partial charge in [-0.15, -0.1) is 0 Å². The number of rotatable bonds is 5. The van der Waals surface area contributed by atoms with Gasteiger partial charge in [-0.25, -0.2) is 0 Å². The van der Waals surface area contributed by atoms with E-state index in [-0.39, 0.29) is 20.3 Å². The third-order valence-electron chi connectivity index (χ3n) is 16.5. The van der Waals surface area contributed by atoms with Crippen LogP contribution in [-0.4, -0.2) is 17.6 Å². The van der Waals surface area contributed by atoms with Crippen LogP contribution < -0.4 is 25.2 Å². The molecule has 0 fully saturated rings. The fraction of sp³-hybridized carbons (Fsp3) is 0.156. The molecule has 330 valence electrons. The van der Waals surface area contributed by atoms with E-state index in [2.05, 4.69) is 235 Å². The fourth-order valence-corrected chi connectivity index (χ4v) is 17.4. The highest BCUT2D eigenvalue weighted by molar-refractivity contribution is 7.04. The molecular formula is C64H55NOSi2. The normalized spacial score (nSPS) is 15.7. The smallest absolute Gasteiger partial charge is 0.151 e. The second-order valence-electron chi connectivity index (χ2n) is 21.2. The monoisotopic (exact) mass is 909 g/mol. The maximum atomic E-state index is 7.21. The van der Waals surface area contributed by atoms with E-state index in [0.717, 1.165) is 28.6 Å². The summed E-state index contributed by atoms with van der Waals surface area (Å²) in [5, 5.41) is 4.62. The molecule has 0 atom stereocenters. The van der Waals surface area contributed by atoms with Crippen molar-refractivity contribution in [3.63, 3.8) is 0 Å². The predicted octanol–water partition coefficient (Wildman–Crippen LogP) is 14.8. The van der Waals surface area contributed by atoms with E-state index in [9.17, 15) is 0 Å². The highest BCUT2D eigenvalue weighted by Crippen LogP contribution is 2.60. The lowest BCUT2D eigenvalue weighted by Gasteiger charge is -2.35. The van der Waals surface area contributed by atoms with Crippen molar-refractivity contribution in [3.05, 3.63) is 204 Å². The van der Waals surface area contributed by atoms with Crippen LogP contribution in [0.3, 0.4) is 0 Å². The van der Waals surface area contributed by atoms with Crippen LogP contribution in [0.15, 0.2) is 176 Å². The molecule has 2 aliphatic carbocycles. The third kappa shape index (κ3) is 5.68. The second-order valence-corrected chi connectivity index (χ2v) is 26.9. The molecule has 0 bridgehead atoms. The van der Waals surface area contributed by atoms with E-state index in [1.807, 2.05) is 0 Å². The number of anilines is 3. The first kappa shape index (κ1) is 41.2. The zero-order chi connectivity index (χ0) is 46.4. The first-order valence-electron chi connectivity index (χ1n) is 24.5. The SMILES string of the molecule is C[SiH2]c1ccccc1-c1cccc(-c2ccc3c(c2)C(C)(C)c2cc4c(cc2-3)N(c2ccccc2)c2cc3c(cc2O4)C(C)(C)c2cc(-c4cccc5c4[Si](C)(C)c4ccccc4-5)ccc2-3)c1C. The minimum Gasteiger partial charge on any atom is -0.453 e. The zero-order valence-corrected chi connectivity index (χ0v) is 42.7. The van der Waals surface area contributed by atoms with Crippen LogP contribution in [0.2, 0.25) is 19.6 Å². The van der Waals surface area contributed by atoms with Crippen LogP contribution in [0.5, 0.6) is 11.5 Å². The van der Waals surface area contributed by atoms with Crippen LogP contribution in [0.25, 0.3) is 66.8 Å². The molecule has 0 saturated carbocycles. The maximum Gasteiger partial charge on any atom is 0.151 e. The van der Waals surface area contributed by atoms with E-state index in [1.165, 1.54) is 99.8 Å². The molecule has 68 heavy (non-hydrogen) atoms. The van der Waals surface area contributed by atoms with Gasteiger partial charge in [-0.1, -0.05) is 180 Å². The Bertz CT molecular complexity index is 3630. The maximum absolute atomic E-state index is 7.21. The molecule has 0 radical (unpaired) electrons. The van der Waals surface area contributed by atoms with Gasteiger partial charge in [0.1, 0.15) is 8.07 Å². The first-order valence-corrected chi connectivity index (χ1v) is 29.6. The summed E-state index contributed by atoms with van der Waals surface area (Å²) in [5.74, 6) is 1.79. The van der Waals surface area contributed by atoms with Gasteiger partial charge in [-0.05, 0) is 160 Å². The summed E-state index contributed by atoms with van der Waals surface area (Å²) >= 11 is 0. The average molecular weight is 910 g/mol. The highest BCUT2D eigenvalue weighted by atomic mass is 28.3. The molecule has 4 aliphatic rings. The highest BCUT2D eigenvalue weighted by Gasteiger charge is 2.43.